The molecule has 0 saturated carbocycles. The van der Waals surface area contributed by atoms with Gasteiger partial charge in [-0.25, -0.2) is 0 Å². The summed E-state index contributed by atoms with van der Waals surface area (Å²) in [6.45, 7) is 1.89. The molecule has 0 aromatic heterocycles. The van der Waals surface area contributed by atoms with Crippen LogP contribution in [0.2, 0.25) is 5.02 Å². The molecule has 0 atom stereocenters. The van der Waals surface area contributed by atoms with E-state index < -0.39 is 0 Å². The van der Waals surface area contributed by atoms with Gasteiger partial charge in [0.05, 0.1) is 4.47 Å². The van der Waals surface area contributed by atoms with Crippen LogP contribution in [0, 0.1) is 6.92 Å². The molecule has 1 N–H and O–H groups in total. The Morgan fingerprint density at radius 3 is 2.62 bits per heavy atom. The van der Waals surface area contributed by atoms with Crippen LogP contribution in [0.5, 0.6) is 5.75 Å². The first-order chi connectivity index (χ1) is 9.95. The number of anilines is 1. The lowest BCUT2D eigenvalue weighted by Crippen LogP contribution is -2.20. The number of hydrogen-bond acceptors (Lipinski definition) is 2. The van der Waals surface area contributed by atoms with E-state index in [4.69, 9.17) is 16.3 Å². The van der Waals surface area contributed by atoms with Crippen LogP contribution < -0.4 is 10.1 Å². The second-order valence-electron chi connectivity index (χ2n) is 4.38. The van der Waals surface area contributed by atoms with Gasteiger partial charge in [-0.15, -0.1) is 0 Å². The van der Waals surface area contributed by atoms with Crippen molar-refractivity contribution in [1.29, 1.82) is 0 Å². The Balaban J connectivity index is 1.94. The summed E-state index contributed by atoms with van der Waals surface area (Å²) in [6, 6.07) is 10.7. The Hall–Kier alpha value is -1.04. The molecule has 0 radical (unpaired) electrons. The minimum absolute atomic E-state index is 0.0741. The highest BCUT2D eigenvalue weighted by Gasteiger charge is 2.07. The highest BCUT2D eigenvalue weighted by Crippen LogP contribution is 2.28. The molecule has 0 aliphatic heterocycles. The van der Waals surface area contributed by atoms with E-state index in [2.05, 4.69) is 37.2 Å². The normalized spacial score (nSPS) is 10.3. The van der Waals surface area contributed by atoms with Gasteiger partial charge in [0, 0.05) is 15.2 Å². The molecule has 0 aliphatic carbocycles. The molecular formula is C15H12Br2ClNO2. The summed E-state index contributed by atoms with van der Waals surface area (Å²) in [5.74, 6) is 0.347. The van der Waals surface area contributed by atoms with E-state index in [0.29, 0.717) is 15.2 Å². The molecule has 2 rings (SSSR count). The monoisotopic (exact) mass is 431 g/mol. The second-order valence-corrected chi connectivity index (χ2v) is 6.52. The topological polar surface area (TPSA) is 38.3 Å². The van der Waals surface area contributed by atoms with E-state index in [-0.39, 0.29) is 12.5 Å². The smallest absolute Gasteiger partial charge is 0.262 e. The van der Waals surface area contributed by atoms with Gasteiger partial charge >= 0.3 is 0 Å². The maximum atomic E-state index is 11.9. The van der Waals surface area contributed by atoms with Crippen molar-refractivity contribution in [3.05, 3.63) is 55.9 Å². The van der Waals surface area contributed by atoms with Crippen LogP contribution in [0.1, 0.15) is 5.56 Å². The van der Waals surface area contributed by atoms with Gasteiger partial charge in [-0.05, 0) is 64.8 Å². The highest BCUT2D eigenvalue weighted by atomic mass is 79.9. The molecule has 2 aromatic rings. The lowest BCUT2D eigenvalue weighted by molar-refractivity contribution is -0.118. The molecule has 6 heteroatoms. The number of nitrogens with one attached hydrogen (secondary N) is 1. The molecule has 0 fully saturated rings. The fraction of sp³-hybridized carbons (Fsp3) is 0.133. The van der Waals surface area contributed by atoms with Crippen LogP contribution in [-0.2, 0) is 4.79 Å². The Bertz CT molecular complexity index is 677. The van der Waals surface area contributed by atoms with Crippen LogP contribution >= 0.6 is 43.5 Å². The number of halogens is 3. The van der Waals surface area contributed by atoms with Crippen LogP contribution in [0.3, 0.4) is 0 Å². The van der Waals surface area contributed by atoms with Gasteiger partial charge < -0.3 is 10.1 Å². The van der Waals surface area contributed by atoms with Gasteiger partial charge in [-0.2, -0.15) is 0 Å². The number of rotatable bonds is 4. The predicted molar refractivity (Wildman–Crippen MR) is 92.2 cm³/mol. The summed E-state index contributed by atoms with van der Waals surface area (Å²) in [7, 11) is 0. The second kappa shape index (κ2) is 7.29. The number of hydrogen-bond donors (Lipinski definition) is 1. The van der Waals surface area contributed by atoms with Crippen molar-refractivity contribution in [2.24, 2.45) is 0 Å². The molecule has 0 unspecified atom stereocenters. The Morgan fingerprint density at radius 2 is 1.95 bits per heavy atom. The largest absolute Gasteiger partial charge is 0.483 e. The van der Waals surface area contributed by atoms with Gasteiger partial charge in [-0.1, -0.05) is 27.5 Å². The van der Waals surface area contributed by atoms with Crippen molar-refractivity contribution in [3.63, 3.8) is 0 Å². The summed E-state index contributed by atoms with van der Waals surface area (Å²) in [6.07, 6.45) is 0. The molecule has 21 heavy (non-hydrogen) atoms. The molecule has 0 spiro atoms. The Kier molecular flexibility index (Phi) is 5.67. The number of carbonyl (C=O) groups is 1. The fourth-order valence-corrected chi connectivity index (χ4v) is 2.70. The minimum atomic E-state index is -0.224. The van der Waals surface area contributed by atoms with Crippen molar-refractivity contribution in [2.75, 3.05) is 11.9 Å². The molecule has 3 nitrogen and oxygen atoms in total. The van der Waals surface area contributed by atoms with Crippen molar-refractivity contribution in [2.45, 2.75) is 6.92 Å². The molecule has 0 bridgehead atoms. The average molecular weight is 434 g/mol. The van der Waals surface area contributed by atoms with Crippen LogP contribution in [0.25, 0.3) is 0 Å². The quantitative estimate of drug-likeness (QED) is 0.721. The van der Waals surface area contributed by atoms with Crippen molar-refractivity contribution >= 4 is 55.1 Å². The molecular weight excluding hydrogens is 421 g/mol. The first-order valence-corrected chi connectivity index (χ1v) is 8.06. The van der Waals surface area contributed by atoms with E-state index in [1.807, 2.05) is 25.1 Å². The van der Waals surface area contributed by atoms with Gasteiger partial charge in [0.25, 0.3) is 5.91 Å². The predicted octanol–water partition coefficient (Wildman–Crippen LogP) is 5.19. The number of benzene rings is 2. The van der Waals surface area contributed by atoms with E-state index in [9.17, 15) is 4.79 Å². The van der Waals surface area contributed by atoms with Crippen molar-refractivity contribution in [1.82, 2.24) is 0 Å². The molecule has 0 saturated heterocycles. The lowest BCUT2D eigenvalue weighted by Gasteiger charge is -2.10. The van der Waals surface area contributed by atoms with Gasteiger partial charge in [0.1, 0.15) is 5.75 Å². The zero-order chi connectivity index (χ0) is 15.4. The number of ether oxygens (including phenoxy) is 1. The SMILES string of the molecule is Cc1cc(NC(=O)COc2ccc(Cl)cc2Br)ccc1Br. The van der Waals surface area contributed by atoms with Gasteiger partial charge in [-0.3, -0.25) is 4.79 Å². The first-order valence-electron chi connectivity index (χ1n) is 6.09. The average Bonchev–Trinajstić information content (AvgIpc) is 2.42. The molecule has 0 aliphatic rings. The lowest BCUT2D eigenvalue weighted by atomic mass is 10.2. The zero-order valence-corrected chi connectivity index (χ0v) is 15.0. The molecule has 0 heterocycles. The highest BCUT2D eigenvalue weighted by molar-refractivity contribution is 9.10. The summed E-state index contributed by atoms with van der Waals surface area (Å²) in [4.78, 5) is 11.9. The summed E-state index contributed by atoms with van der Waals surface area (Å²) in [5, 5.41) is 3.39. The van der Waals surface area contributed by atoms with Crippen molar-refractivity contribution < 1.29 is 9.53 Å². The standard InChI is InChI=1S/C15H12Br2ClNO2/c1-9-6-11(3-4-12(9)16)19-15(20)8-21-14-5-2-10(18)7-13(14)17/h2-7H,8H2,1H3,(H,19,20). The summed E-state index contributed by atoms with van der Waals surface area (Å²) in [5.41, 5.74) is 1.79. The van der Waals surface area contributed by atoms with Gasteiger partial charge in [0.15, 0.2) is 6.61 Å². The van der Waals surface area contributed by atoms with Crippen LogP contribution in [0.4, 0.5) is 5.69 Å². The third kappa shape index (κ3) is 4.73. The molecule has 1 amide bonds. The third-order valence-electron chi connectivity index (χ3n) is 2.69. The van der Waals surface area contributed by atoms with Gasteiger partial charge in [0.2, 0.25) is 0 Å². The summed E-state index contributed by atoms with van der Waals surface area (Å²) >= 11 is 12.6. The number of aryl methyl sites for hydroxylation is 1. The van der Waals surface area contributed by atoms with Crippen LogP contribution in [0.15, 0.2) is 45.3 Å². The third-order valence-corrected chi connectivity index (χ3v) is 4.44. The first kappa shape index (κ1) is 16.3. The molecule has 2 aromatic carbocycles. The molecule has 110 valence electrons. The Morgan fingerprint density at radius 1 is 1.19 bits per heavy atom. The van der Waals surface area contributed by atoms with E-state index >= 15 is 0 Å². The van der Waals surface area contributed by atoms with E-state index in [1.165, 1.54) is 0 Å². The van der Waals surface area contributed by atoms with E-state index in [1.54, 1.807) is 18.2 Å². The Labute approximate surface area is 144 Å². The zero-order valence-electron chi connectivity index (χ0n) is 11.1. The maximum absolute atomic E-state index is 11.9. The van der Waals surface area contributed by atoms with E-state index in [0.717, 1.165) is 15.7 Å². The maximum Gasteiger partial charge on any atom is 0.262 e. The minimum Gasteiger partial charge on any atom is -0.483 e. The summed E-state index contributed by atoms with van der Waals surface area (Å²) < 4.78 is 7.17. The van der Waals surface area contributed by atoms with Crippen LogP contribution in [-0.4, -0.2) is 12.5 Å². The number of carbonyl (C=O) groups excluding carboxylic acids is 1. The number of amides is 1. The fourth-order valence-electron chi connectivity index (χ4n) is 1.66. The van der Waals surface area contributed by atoms with Crippen molar-refractivity contribution in [3.8, 4) is 5.75 Å².